The minimum absolute atomic E-state index is 0.116. The number of aromatic amines is 1. The average Bonchev–Trinajstić information content (AvgIpc) is 2.58. The minimum atomic E-state index is -0.116. The number of anilines is 2. The summed E-state index contributed by atoms with van der Waals surface area (Å²) >= 11 is 0. The highest BCUT2D eigenvalue weighted by Crippen LogP contribution is 2.24. The van der Waals surface area contributed by atoms with E-state index in [9.17, 15) is 4.79 Å². The summed E-state index contributed by atoms with van der Waals surface area (Å²) in [6, 6.07) is 3.75. The summed E-state index contributed by atoms with van der Waals surface area (Å²) in [5, 5.41) is 3.42. The Kier molecular flexibility index (Phi) is 7.95. The first-order valence-electron chi connectivity index (χ1n) is 10.1. The zero-order valence-corrected chi connectivity index (χ0v) is 16.5. The van der Waals surface area contributed by atoms with Crippen LogP contribution >= 0.6 is 0 Å². The number of H-pyrrole nitrogens is 1. The summed E-state index contributed by atoms with van der Waals surface area (Å²) in [6.45, 7) is 7.33. The van der Waals surface area contributed by atoms with Crippen molar-refractivity contribution in [1.82, 2.24) is 9.97 Å². The van der Waals surface area contributed by atoms with Gasteiger partial charge in [0, 0.05) is 6.54 Å². The predicted octanol–water partition coefficient (Wildman–Crippen LogP) is 4.87. The summed E-state index contributed by atoms with van der Waals surface area (Å²) in [6.07, 6.45) is 9.69. The molecule has 2 rings (SSSR count). The summed E-state index contributed by atoms with van der Waals surface area (Å²) in [7, 11) is 0. The number of unbranched alkanes of at least 4 members (excludes halogenated alkanes) is 6. The molecule has 0 saturated carbocycles. The van der Waals surface area contributed by atoms with E-state index in [1.165, 1.54) is 38.5 Å². The van der Waals surface area contributed by atoms with Gasteiger partial charge >= 0.3 is 0 Å². The second-order valence-corrected chi connectivity index (χ2v) is 7.62. The van der Waals surface area contributed by atoms with E-state index >= 15 is 0 Å². The largest absolute Gasteiger partial charge is 0.397 e. The fourth-order valence-corrected chi connectivity index (χ4v) is 3.17. The van der Waals surface area contributed by atoms with Crippen LogP contribution in [0.25, 0.3) is 11.0 Å². The first kappa shape index (κ1) is 20.3. The molecule has 5 heteroatoms. The molecule has 0 bridgehead atoms. The number of nitrogens with zero attached hydrogens (tertiary/aromatic N) is 1. The molecule has 26 heavy (non-hydrogen) atoms. The van der Waals surface area contributed by atoms with Gasteiger partial charge in [0.05, 0.1) is 22.4 Å². The lowest BCUT2D eigenvalue weighted by Crippen LogP contribution is -2.17. The number of aromatic nitrogens is 2. The van der Waals surface area contributed by atoms with Gasteiger partial charge in [-0.15, -0.1) is 0 Å². The molecule has 1 heterocycles. The molecule has 0 aliphatic carbocycles. The molecule has 1 aromatic carbocycles. The maximum absolute atomic E-state index is 12.1. The van der Waals surface area contributed by atoms with Crippen molar-refractivity contribution in [2.75, 3.05) is 17.6 Å². The van der Waals surface area contributed by atoms with Crippen molar-refractivity contribution in [3.63, 3.8) is 0 Å². The van der Waals surface area contributed by atoms with Crippen LogP contribution in [0.3, 0.4) is 0 Å². The standard InChI is InChI=1S/C21H34N4O/c1-4-5-6-7-8-9-10-11-23-17-14-19-18(13-16(17)22)25-21(26)20(24-19)12-15(2)3/h13-15,23H,4-12,22H2,1-3H3,(H,25,26). The van der Waals surface area contributed by atoms with Gasteiger partial charge in [0.2, 0.25) is 0 Å². The highest BCUT2D eigenvalue weighted by molar-refractivity contribution is 5.86. The van der Waals surface area contributed by atoms with E-state index in [0.29, 0.717) is 29.2 Å². The lowest BCUT2D eigenvalue weighted by molar-refractivity contribution is 0.596. The molecular formula is C21H34N4O. The van der Waals surface area contributed by atoms with Gasteiger partial charge in [-0.1, -0.05) is 59.3 Å². The van der Waals surface area contributed by atoms with E-state index in [1.807, 2.05) is 6.07 Å². The van der Waals surface area contributed by atoms with E-state index in [0.717, 1.165) is 24.2 Å². The lowest BCUT2D eigenvalue weighted by atomic mass is 10.1. The maximum Gasteiger partial charge on any atom is 0.270 e. The van der Waals surface area contributed by atoms with E-state index < -0.39 is 0 Å². The smallest absolute Gasteiger partial charge is 0.270 e. The SMILES string of the molecule is CCCCCCCCCNc1cc2nc(CC(C)C)c(=O)[nH]c2cc1N. The number of hydrogen-bond donors (Lipinski definition) is 3. The number of nitrogens with one attached hydrogen (secondary N) is 2. The Morgan fingerprint density at radius 3 is 2.50 bits per heavy atom. The van der Waals surface area contributed by atoms with Crippen LogP contribution < -0.4 is 16.6 Å². The van der Waals surface area contributed by atoms with Gasteiger partial charge in [-0.2, -0.15) is 0 Å². The number of rotatable bonds is 11. The average molecular weight is 359 g/mol. The summed E-state index contributed by atoms with van der Waals surface area (Å²) < 4.78 is 0. The second-order valence-electron chi connectivity index (χ2n) is 7.62. The van der Waals surface area contributed by atoms with Gasteiger partial charge in [0.1, 0.15) is 5.69 Å². The molecule has 2 aromatic rings. The Bertz CT molecular complexity index is 751. The van der Waals surface area contributed by atoms with E-state index in [1.54, 1.807) is 6.07 Å². The van der Waals surface area contributed by atoms with Crippen LogP contribution in [0.4, 0.5) is 11.4 Å². The van der Waals surface area contributed by atoms with Crippen LogP contribution in [0.1, 0.15) is 71.4 Å². The highest BCUT2D eigenvalue weighted by atomic mass is 16.1. The van der Waals surface area contributed by atoms with Crippen LogP contribution in [-0.2, 0) is 6.42 Å². The Morgan fingerprint density at radius 2 is 1.81 bits per heavy atom. The summed E-state index contributed by atoms with van der Waals surface area (Å²) in [5.74, 6) is 0.393. The molecular weight excluding hydrogens is 324 g/mol. The van der Waals surface area contributed by atoms with E-state index in [2.05, 4.69) is 36.1 Å². The zero-order chi connectivity index (χ0) is 18.9. The molecule has 0 saturated heterocycles. The molecule has 1 aromatic heterocycles. The first-order chi connectivity index (χ1) is 12.5. The van der Waals surface area contributed by atoms with Crippen molar-refractivity contribution in [2.24, 2.45) is 5.92 Å². The van der Waals surface area contributed by atoms with Gasteiger partial charge in [-0.25, -0.2) is 4.98 Å². The molecule has 4 N–H and O–H groups in total. The number of hydrogen-bond acceptors (Lipinski definition) is 4. The van der Waals surface area contributed by atoms with Crippen molar-refractivity contribution in [1.29, 1.82) is 0 Å². The molecule has 0 atom stereocenters. The third kappa shape index (κ3) is 6.04. The number of nitrogen functional groups attached to an aromatic ring is 1. The Balaban J connectivity index is 1.96. The Morgan fingerprint density at radius 1 is 1.12 bits per heavy atom. The van der Waals surface area contributed by atoms with Gasteiger partial charge in [0.25, 0.3) is 5.56 Å². The molecule has 0 unspecified atom stereocenters. The van der Waals surface area contributed by atoms with Gasteiger partial charge in [0.15, 0.2) is 0 Å². The molecule has 5 nitrogen and oxygen atoms in total. The Labute approximate surface area is 156 Å². The van der Waals surface area contributed by atoms with Gasteiger partial charge < -0.3 is 16.0 Å². The van der Waals surface area contributed by atoms with Crippen molar-refractivity contribution >= 4 is 22.4 Å². The molecule has 144 valence electrons. The zero-order valence-electron chi connectivity index (χ0n) is 16.5. The van der Waals surface area contributed by atoms with Gasteiger partial charge in [-0.3, -0.25) is 4.79 Å². The van der Waals surface area contributed by atoms with Crippen molar-refractivity contribution in [3.05, 3.63) is 28.2 Å². The third-order valence-corrected chi connectivity index (χ3v) is 4.63. The highest BCUT2D eigenvalue weighted by Gasteiger charge is 2.09. The van der Waals surface area contributed by atoms with E-state index in [-0.39, 0.29) is 5.56 Å². The lowest BCUT2D eigenvalue weighted by Gasteiger charge is -2.11. The fraction of sp³-hybridized carbons (Fsp3) is 0.619. The second kappa shape index (κ2) is 10.2. The maximum atomic E-state index is 12.1. The fourth-order valence-electron chi connectivity index (χ4n) is 3.17. The topological polar surface area (TPSA) is 83.8 Å². The van der Waals surface area contributed by atoms with Crippen LogP contribution in [-0.4, -0.2) is 16.5 Å². The molecule has 0 fully saturated rings. The first-order valence-corrected chi connectivity index (χ1v) is 10.1. The van der Waals surface area contributed by atoms with Crippen LogP contribution in [0.5, 0.6) is 0 Å². The number of fused-ring (bicyclic) bond motifs is 1. The molecule has 0 aliphatic rings. The molecule has 0 spiro atoms. The Hall–Kier alpha value is -2.04. The molecule has 0 aliphatic heterocycles. The molecule has 0 amide bonds. The van der Waals surface area contributed by atoms with Crippen molar-refractivity contribution in [2.45, 2.75) is 72.1 Å². The minimum Gasteiger partial charge on any atom is -0.397 e. The van der Waals surface area contributed by atoms with Crippen LogP contribution in [0.2, 0.25) is 0 Å². The van der Waals surface area contributed by atoms with Gasteiger partial charge in [-0.05, 0) is 30.9 Å². The van der Waals surface area contributed by atoms with Crippen LogP contribution in [0, 0.1) is 5.92 Å². The van der Waals surface area contributed by atoms with Crippen molar-refractivity contribution in [3.8, 4) is 0 Å². The van der Waals surface area contributed by atoms with Crippen LogP contribution in [0.15, 0.2) is 16.9 Å². The number of nitrogens with two attached hydrogens (primary N) is 1. The predicted molar refractivity (Wildman–Crippen MR) is 112 cm³/mol. The third-order valence-electron chi connectivity index (χ3n) is 4.63. The quantitative estimate of drug-likeness (QED) is 0.395. The molecule has 0 radical (unpaired) electrons. The summed E-state index contributed by atoms with van der Waals surface area (Å²) in [4.78, 5) is 19.6. The summed E-state index contributed by atoms with van der Waals surface area (Å²) in [5.41, 5.74) is 9.65. The van der Waals surface area contributed by atoms with Crippen molar-refractivity contribution < 1.29 is 0 Å². The normalized spacial score (nSPS) is 11.4. The van der Waals surface area contributed by atoms with E-state index in [4.69, 9.17) is 5.73 Å². The monoisotopic (exact) mass is 358 g/mol. The number of benzene rings is 1.